The minimum absolute atomic E-state index is 0.0773. The van der Waals surface area contributed by atoms with E-state index < -0.39 is 23.6 Å². The topological polar surface area (TPSA) is 85.3 Å². The number of nitrogens with one attached hydrogen (secondary N) is 1. The summed E-state index contributed by atoms with van der Waals surface area (Å²) in [6.07, 6.45) is -0.111. The van der Waals surface area contributed by atoms with Crippen molar-refractivity contribution in [2.75, 3.05) is 25.0 Å². The van der Waals surface area contributed by atoms with Crippen molar-refractivity contribution in [3.8, 4) is 5.75 Å². The number of benzene rings is 2. The number of rotatable bonds is 4. The Bertz CT molecular complexity index is 1040. The van der Waals surface area contributed by atoms with Crippen LogP contribution in [0, 0.1) is 5.82 Å². The molecule has 1 aliphatic carbocycles. The summed E-state index contributed by atoms with van der Waals surface area (Å²) in [6.45, 7) is 5.40. The zero-order valence-corrected chi connectivity index (χ0v) is 18.2. The van der Waals surface area contributed by atoms with E-state index in [2.05, 4.69) is 5.32 Å². The highest BCUT2D eigenvalue weighted by Crippen LogP contribution is 2.41. The number of aliphatic hydroxyl groups is 2. The monoisotopic (exact) mass is 441 g/mol. The lowest BCUT2D eigenvalue weighted by Gasteiger charge is -2.49. The number of nitrogens with zero attached hydrogens (tertiary/aromatic N) is 2. The average molecular weight is 442 g/mol. The van der Waals surface area contributed by atoms with Gasteiger partial charge in [0.25, 0.3) is 5.91 Å². The SMILES string of the molecule is CC1(C)CN(C(O)C2(O)CC2)CCN1C(=O)c1ccc(C2Nc3ccc(F)cc3O2)cc1. The number of amides is 1. The molecule has 1 saturated heterocycles. The van der Waals surface area contributed by atoms with Crippen molar-refractivity contribution in [3.05, 3.63) is 59.4 Å². The number of hydrogen-bond acceptors (Lipinski definition) is 6. The van der Waals surface area contributed by atoms with E-state index in [0.717, 1.165) is 11.3 Å². The lowest BCUT2D eigenvalue weighted by molar-refractivity contribution is -0.125. The molecule has 3 aliphatic rings. The van der Waals surface area contributed by atoms with Crippen LogP contribution in [0.1, 0.15) is 48.8 Å². The Hall–Kier alpha value is -2.68. The summed E-state index contributed by atoms with van der Waals surface area (Å²) in [5.74, 6) is 0.0352. The Morgan fingerprint density at radius 1 is 1.19 bits per heavy atom. The van der Waals surface area contributed by atoms with Gasteiger partial charge in [-0.2, -0.15) is 0 Å². The van der Waals surface area contributed by atoms with Crippen LogP contribution in [-0.4, -0.2) is 62.9 Å². The number of anilines is 1. The van der Waals surface area contributed by atoms with Crippen molar-refractivity contribution in [1.29, 1.82) is 0 Å². The third kappa shape index (κ3) is 3.72. The van der Waals surface area contributed by atoms with E-state index in [9.17, 15) is 19.4 Å². The number of halogens is 1. The fourth-order valence-electron chi connectivity index (χ4n) is 4.62. The normalized spacial score (nSPS) is 24.3. The highest BCUT2D eigenvalue weighted by Gasteiger charge is 2.52. The lowest BCUT2D eigenvalue weighted by atomic mass is 9.96. The Labute approximate surface area is 186 Å². The molecule has 1 saturated carbocycles. The molecule has 7 nitrogen and oxygen atoms in total. The van der Waals surface area contributed by atoms with Gasteiger partial charge in [0, 0.05) is 36.8 Å². The Kier molecular flexibility index (Phi) is 4.92. The average Bonchev–Trinajstić information content (AvgIpc) is 3.37. The molecule has 32 heavy (non-hydrogen) atoms. The third-order valence-corrected chi connectivity index (χ3v) is 6.70. The van der Waals surface area contributed by atoms with Crippen molar-refractivity contribution in [2.24, 2.45) is 0 Å². The Morgan fingerprint density at radius 2 is 1.91 bits per heavy atom. The maximum Gasteiger partial charge on any atom is 0.254 e. The van der Waals surface area contributed by atoms with Crippen LogP contribution >= 0.6 is 0 Å². The molecule has 0 radical (unpaired) electrons. The number of fused-ring (bicyclic) bond motifs is 1. The summed E-state index contributed by atoms with van der Waals surface area (Å²) in [5.41, 5.74) is 0.637. The minimum Gasteiger partial charge on any atom is -0.464 e. The first-order valence-corrected chi connectivity index (χ1v) is 11.0. The summed E-state index contributed by atoms with van der Waals surface area (Å²) < 4.78 is 19.2. The first-order chi connectivity index (χ1) is 15.2. The fraction of sp³-hybridized carbons (Fsp3) is 0.458. The molecule has 2 unspecified atom stereocenters. The second-order valence-corrected chi connectivity index (χ2v) is 9.62. The van der Waals surface area contributed by atoms with Gasteiger partial charge < -0.3 is 25.2 Å². The molecule has 0 aromatic heterocycles. The molecule has 2 heterocycles. The molecule has 2 aromatic rings. The molecule has 2 fully saturated rings. The molecule has 8 heteroatoms. The summed E-state index contributed by atoms with van der Waals surface area (Å²) in [7, 11) is 0. The van der Waals surface area contributed by atoms with E-state index in [1.165, 1.54) is 12.1 Å². The van der Waals surface area contributed by atoms with Gasteiger partial charge in [-0.3, -0.25) is 9.69 Å². The summed E-state index contributed by atoms with van der Waals surface area (Å²) in [6, 6.07) is 11.6. The molecule has 170 valence electrons. The van der Waals surface area contributed by atoms with Gasteiger partial charge in [0.2, 0.25) is 0 Å². The van der Waals surface area contributed by atoms with Gasteiger partial charge in [-0.1, -0.05) is 12.1 Å². The van der Waals surface area contributed by atoms with Crippen LogP contribution in [0.15, 0.2) is 42.5 Å². The second-order valence-electron chi connectivity index (χ2n) is 9.62. The van der Waals surface area contributed by atoms with Crippen molar-refractivity contribution in [1.82, 2.24) is 9.80 Å². The minimum atomic E-state index is -1.00. The molecule has 1 amide bonds. The van der Waals surface area contributed by atoms with Crippen LogP contribution in [0.3, 0.4) is 0 Å². The van der Waals surface area contributed by atoms with Crippen molar-refractivity contribution in [2.45, 2.75) is 50.3 Å². The maximum absolute atomic E-state index is 13.4. The van der Waals surface area contributed by atoms with Crippen LogP contribution in [-0.2, 0) is 0 Å². The standard InChI is InChI=1S/C24H28FN3O4/c1-23(2)14-27(22(30)24(31)9-10-24)11-12-28(23)21(29)16-5-3-15(4-6-16)20-26-18-8-7-17(25)13-19(18)32-20/h3-8,13,20,22,26,30-31H,9-12,14H2,1-2H3. The quantitative estimate of drug-likeness (QED) is 0.677. The van der Waals surface area contributed by atoms with Crippen LogP contribution < -0.4 is 10.1 Å². The third-order valence-electron chi connectivity index (χ3n) is 6.70. The first-order valence-electron chi connectivity index (χ1n) is 11.0. The number of carbonyl (C=O) groups excluding carboxylic acids is 1. The highest BCUT2D eigenvalue weighted by molar-refractivity contribution is 5.95. The van der Waals surface area contributed by atoms with Gasteiger partial charge in [-0.25, -0.2) is 4.39 Å². The molecular formula is C24H28FN3O4. The number of ether oxygens (including phenoxy) is 1. The molecule has 2 atom stereocenters. The van der Waals surface area contributed by atoms with Gasteiger partial charge in [-0.15, -0.1) is 0 Å². The lowest BCUT2D eigenvalue weighted by Crippen LogP contribution is -2.64. The summed E-state index contributed by atoms with van der Waals surface area (Å²) in [4.78, 5) is 16.9. The molecular weight excluding hydrogens is 413 g/mol. The van der Waals surface area contributed by atoms with Crippen LogP contribution in [0.2, 0.25) is 0 Å². The van der Waals surface area contributed by atoms with Crippen molar-refractivity contribution < 1.29 is 24.1 Å². The molecule has 3 N–H and O–H groups in total. The molecule has 2 aliphatic heterocycles. The molecule has 2 aromatic carbocycles. The maximum atomic E-state index is 13.4. The van der Waals surface area contributed by atoms with E-state index in [1.54, 1.807) is 18.2 Å². The van der Waals surface area contributed by atoms with E-state index in [4.69, 9.17) is 4.74 Å². The van der Waals surface area contributed by atoms with Crippen LogP contribution in [0.5, 0.6) is 5.75 Å². The highest BCUT2D eigenvalue weighted by atomic mass is 19.1. The molecule has 0 spiro atoms. The van der Waals surface area contributed by atoms with E-state index in [1.807, 2.05) is 35.8 Å². The smallest absolute Gasteiger partial charge is 0.254 e. The van der Waals surface area contributed by atoms with Crippen molar-refractivity contribution in [3.63, 3.8) is 0 Å². The molecule has 0 bridgehead atoms. The van der Waals surface area contributed by atoms with Crippen LogP contribution in [0.4, 0.5) is 10.1 Å². The number of aliphatic hydroxyl groups excluding tert-OH is 1. The predicted octanol–water partition coefficient (Wildman–Crippen LogP) is 2.71. The van der Waals surface area contributed by atoms with E-state index in [-0.39, 0.29) is 11.7 Å². The zero-order chi connectivity index (χ0) is 22.7. The van der Waals surface area contributed by atoms with Gasteiger partial charge in [0.15, 0.2) is 6.23 Å². The predicted molar refractivity (Wildman–Crippen MR) is 117 cm³/mol. The number of piperazine rings is 1. The van der Waals surface area contributed by atoms with E-state index >= 15 is 0 Å². The van der Waals surface area contributed by atoms with E-state index in [0.29, 0.717) is 43.8 Å². The summed E-state index contributed by atoms with van der Waals surface area (Å²) in [5, 5.41) is 24.0. The Balaban J connectivity index is 1.26. The zero-order valence-electron chi connectivity index (χ0n) is 18.2. The number of carbonyl (C=O) groups is 1. The Morgan fingerprint density at radius 3 is 2.56 bits per heavy atom. The van der Waals surface area contributed by atoms with Gasteiger partial charge in [0.1, 0.15) is 23.4 Å². The van der Waals surface area contributed by atoms with Crippen molar-refractivity contribution >= 4 is 11.6 Å². The second kappa shape index (κ2) is 7.43. The molecule has 5 rings (SSSR count). The van der Waals surface area contributed by atoms with Gasteiger partial charge in [-0.05, 0) is 51.0 Å². The first kappa shape index (κ1) is 21.2. The fourth-order valence-corrected chi connectivity index (χ4v) is 4.62. The van der Waals surface area contributed by atoms with Gasteiger partial charge >= 0.3 is 0 Å². The summed E-state index contributed by atoms with van der Waals surface area (Å²) >= 11 is 0. The van der Waals surface area contributed by atoms with Crippen LogP contribution in [0.25, 0.3) is 0 Å². The largest absolute Gasteiger partial charge is 0.464 e. The van der Waals surface area contributed by atoms with Gasteiger partial charge in [0.05, 0.1) is 11.2 Å². The number of hydrogen-bond donors (Lipinski definition) is 3.